The van der Waals surface area contributed by atoms with Gasteiger partial charge in [-0.15, -0.1) is 0 Å². The van der Waals surface area contributed by atoms with E-state index in [0.29, 0.717) is 6.42 Å². The highest BCUT2D eigenvalue weighted by molar-refractivity contribution is 5.66. The third-order valence-corrected chi connectivity index (χ3v) is 3.04. The van der Waals surface area contributed by atoms with E-state index in [2.05, 4.69) is 37.8 Å². The van der Waals surface area contributed by atoms with Gasteiger partial charge < -0.3 is 4.79 Å². The van der Waals surface area contributed by atoms with Gasteiger partial charge >= 0.3 is 0 Å². The van der Waals surface area contributed by atoms with Crippen molar-refractivity contribution in [1.82, 2.24) is 0 Å². The van der Waals surface area contributed by atoms with E-state index in [1.165, 1.54) is 10.4 Å². The van der Waals surface area contributed by atoms with Crippen LogP contribution < -0.4 is 10.4 Å². The molecule has 1 heteroatoms. The summed E-state index contributed by atoms with van der Waals surface area (Å²) < 4.78 is 0. The Morgan fingerprint density at radius 2 is 2.00 bits per heavy atom. The van der Waals surface area contributed by atoms with E-state index in [9.17, 15) is 4.79 Å². The summed E-state index contributed by atoms with van der Waals surface area (Å²) in [5.41, 5.74) is 0.795. The highest BCUT2D eigenvalue weighted by Crippen LogP contribution is 2.32. The smallest absolute Gasteiger partial charge is 0.121 e. The minimum atomic E-state index is -0.212. The molecule has 1 aromatic rings. The Balaban J connectivity index is 2.65. The van der Waals surface area contributed by atoms with Crippen LogP contribution in [0.5, 0.6) is 0 Å². The van der Waals surface area contributed by atoms with Gasteiger partial charge in [-0.1, -0.05) is 49.9 Å². The minimum absolute atomic E-state index is 0.212. The number of carbonyl (C=O) groups is 1. The predicted molar refractivity (Wildman–Crippen MR) is 62.6 cm³/mol. The Bertz CT molecular complexity index is 525. The van der Waals surface area contributed by atoms with Gasteiger partial charge in [0.05, 0.1) is 0 Å². The van der Waals surface area contributed by atoms with Crippen LogP contribution >= 0.6 is 0 Å². The first kappa shape index (κ1) is 9.91. The van der Waals surface area contributed by atoms with Gasteiger partial charge in [0, 0.05) is 11.8 Å². The fourth-order valence-electron chi connectivity index (χ4n) is 1.93. The number of carbonyl (C=O) groups excluding carboxylic acids is 1. The standard InChI is InChI=1S/C14H14O/c1-11-9-12-5-3-4-6-13(12)10-14(11,2)7-8-15/h3-6,8-10H,1,7H2,2H3. The fourth-order valence-corrected chi connectivity index (χ4v) is 1.93. The second-order valence-corrected chi connectivity index (χ2v) is 4.23. The molecule has 0 radical (unpaired) electrons. The van der Waals surface area contributed by atoms with Gasteiger partial charge in [-0.05, 0) is 16.0 Å². The lowest BCUT2D eigenvalue weighted by molar-refractivity contribution is -0.108. The van der Waals surface area contributed by atoms with Crippen LogP contribution in [0.3, 0.4) is 0 Å². The van der Waals surface area contributed by atoms with Gasteiger partial charge in [0.2, 0.25) is 0 Å². The van der Waals surface area contributed by atoms with Gasteiger partial charge in [0.25, 0.3) is 0 Å². The maximum Gasteiger partial charge on any atom is 0.121 e. The summed E-state index contributed by atoms with van der Waals surface area (Å²) in [5, 5.41) is 2.38. The summed E-state index contributed by atoms with van der Waals surface area (Å²) >= 11 is 0. The van der Waals surface area contributed by atoms with E-state index in [0.717, 1.165) is 11.9 Å². The van der Waals surface area contributed by atoms with Crippen LogP contribution in [0, 0.1) is 5.41 Å². The molecule has 76 valence electrons. The lowest BCUT2D eigenvalue weighted by Crippen LogP contribution is -2.33. The number of aldehydes is 1. The summed E-state index contributed by atoms with van der Waals surface area (Å²) in [4.78, 5) is 10.7. The molecule has 1 aliphatic rings. The number of allylic oxidation sites excluding steroid dienone is 1. The molecule has 0 aromatic heterocycles. The summed E-state index contributed by atoms with van der Waals surface area (Å²) in [6.45, 7) is 6.09. The molecule has 0 bridgehead atoms. The van der Waals surface area contributed by atoms with Crippen molar-refractivity contribution in [2.45, 2.75) is 13.3 Å². The average Bonchev–Trinajstić information content (AvgIpc) is 2.20. The van der Waals surface area contributed by atoms with E-state index in [4.69, 9.17) is 0 Å². The molecule has 0 saturated heterocycles. The zero-order valence-corrected chi connectivity index (χ0v) is 8.86. The number of fused-ring (bicyclic) bond motifs is 1. The van der Waals surface area contributed by atoms with Crippen molar-refractivity contribution >= 4 is 18.4 Å². The van der Waals surface area contributed by atoms with Crippen molar-refractivity contribution in [3.8, 4) is 0 Å². The van der Waals surface area contributed by atoms with E-state index >= 15 is 0 Å². The Morgan fingerprint density at radius 3 is 2.67 bits per heavy atom. The van der Waals surface area contributed by atoms with Crippen LogP contribution in [0.1, 0.15) is 13.3 Å². The normalized spacial score (nSPS) is 23.7. The Morgan fingerprint density at radius 1 is 1.33 bits per heavy atom. The van der Waals surface area contributed by atoms with Crippen LogP contribution in [0.4, 0.5) is 0 Å². The molecule has 0 N–H and O–H groups in total. The third kappa shape index (κ3) is 1.65. The van der Waals surface area contributed by atoms with Crippen molar-refractivity contribution < 1.29 is 4.79 Å². The molecular weight excluding hydrogens is 184 g/mol. The summed E-state index contributed by atoms with van der Waals surface area (Å²) in [6.07, 6.45) is 5.66. The number of benzene rings is 1. The highest BCUT2D eigenvalue weighted by Gasteiger charge is 2.24. The lowest BCUT2D eigenvalue weighted by atomic mass is 9.76. The van der Waals surface area contributed by atoms with Gasteiger partial charge in [-0.3, -0.25) is 0 Å². The zero-order valence-electron chi connectivity index (χ0n) is 8.86. The minimum Gasteiger partial charge on any atom is -0.303 e. The average molecular weight is 198 g/mol. The summed E-state index contributed by atoms with van der Waals surface area (Å²) in [5.74, 6) is 0. The van der Waals surface area contributed by atoms with Gasteiger partial charge in [0.15, 0.2) is 0 Å². The van der Waals surface area contributed by atoms with Crippen LogP contribution in [0.25, 0.3) is 12.2 Å². The monoisotopic (exact) mass is 198 g/mol. The molecule has 1 nitrogen and oxygen atoms in total. The molecule has 0 heterocycles. The Kier molecular flexibility index (Phi) is 2.31. The van der Waals surface area contributed by atoms with Crippen LogP contribution in [-0.2, 0) is 4.79 Å². The molecule has 0 amide bonds. The SMILES string of the molecule is C=C1C=c2ccccc2=CC1(C)CC=O. The summed E-state index contributed by atoms with van der Waals surface area (Å²) in [6, 6.07) is 8.16. The summed E-state index contributed by atoms with van der Waals surface area (Å²) in [7, 11) is 0. The lowest BCUT2D eigenvalue weighted by Gasteiger charge is -2.27. The molecule has 2 rings (SSSR count). The van der Waals surface area contributed by atoms with Crippen LogP contribution in [0.15, 0.2) is 36.4 Å². The first-order chi connectivity index (χ1) is 7.15. The van der Waals surface area contributed by atoms with Crippen molar-refractivity contribution in [1.29, 1.82) is 0 Å². The highest BCUT2D eigenvalue weighted by atomic mass is 16.1. The maximum absolute atomic E-state index is 10.7. The van der Waals surface area contributed by atoms with E-state index in [1.54, 1.807) is 0 Å². The second-order valence-electron chi connectivity index (χ2n) is 4.23. The Hall–Kier alpha value is -1.63. The van der Waals surface area contributed by atoms with Crippen molar-refractivity contribution in [3.63, 3.8) is 0 Å². The molecule has 0 spiro atoms. The first-order valence-corrected chi connectivity index (χ1v) is 5.08. The molecule has 1 unspecified atom stereocenters. The molecule has 1 atom stereocenters. The molecule has 0 fully saturated rings. The molecule has 0 aliphatic heterocycles. The van der Waals surface area contributed by atoms with Gasteiger partial charge in [0.1, 0.15) is 6.29 Å². The predicted octanol–water partition coefficient (Wildman–Crippen LogP) is 1.41. The molecule has 15 heavy (non-hydrogen) atoms. The maximum atomic E-state index is 10.7. The van der Waals surface area contributed by atoms with Gasteiger partial charge in [-0.25, -0.2) is 0 Å². The number of hydrogen-bond donors (Lipinski definition) is 0. The van der Waals surface area contributed by atoms with Crippen LogP contribution in [0.2, 0.25) is 0 Å². The second kappa shape index (κ2) is 3.50. The largest absolute Gasteiger partial charge is 0.303 e. The third-order valence-electron chi connectivity index (χ3n) is 3.04. The number of rotatable bonds is 2. The molecular formula is C14H14O. The molecule has 0 saturated carbocycles. The molecule has 1 aliphatic carbocycles. The van der Waals surface area contributed by atoms with E-state index in [1.807, 2.05) is 12.1 Å². The van der Waals surface area contributed by atoms with E-state index < -0.39 is 0 Å². The zero-order chi connectivity index (χ0) is 10.9. The quantitative estimate of drug-likeness (QED) is 0.657. The Labute approximate surface area is 89.4 Å². The van der Waals surface area contributed by atoms with E-state index in [-0.39, 0.29) is 5.41 Å². The van der Waals surface area contributed by atoms with Crippen LogP contribution in [-0.4, -0.2) is 6.29 Å². The van der Waals surface area contributed by atoms with Gasteiger partial charge in [-0.2, -0.15) is 0 Å². The number of hydrogen-bond acceptors (Lipinski definition) is 1. The van der Waals surface area contributed by atoms with Crippen molar-refractivity contribution in [2.75, 3.05) is 0 Å². The van der Waals surface area contributed by atoms with Crippen molar-refractivity contribution in [3.05, 3.63) is 46.9 Å². The van der Waals surface area contributed by atoms with Crippen molar-refractivity contribution in [2.24, 2.45) is 5.41 Å². The molecule has 1 aromatic carbocycles. The topological polar surface area (TPSA) is 17.1 Å². The first-order valence-electron chi connectivity index (χ1n) is 5.08. The fraction of sp³-hybridized carbons (Fsp3) is 0.214.